The minimum atomic E-state index is -1.16. The molecule has 1 unspecified atom stereocenters. The van der Waals surface area contributed by atoms with Gasteiger partial charge in [-0.1, -0.05) is 57.9 Å². The van der Waals surface area contributed by atoms with Crippen molar-refractivity contribution in [3.8, 4) is 5.75 Å². The van der Waals surface area contributed by atoms with Crippen molar-refractivity contribution in [3.63, 3.8) is 0 Å². The maximum Gasteiger partial charge on any atom is 0.323 e. The molecule has 182 valence electrons. The molecular weight excluding hydrogens is 537 g/mol. The normalized spacial score (nSPS) is 16.5. The van der Waals surface area contributed by atoms with Crippen molar-refractivity contribution in [2.24, 2.45) is 0 Å². The molecule has 1 aliphatic heterocycles. The first-order valence-corrected chi connectivity index (χ1v) is 12.3. The van der Waals surface area contributed by atoms with Gasteiger partial charge in [-0.15, -0.1) is 0 Å². The van der Waals surface area contributed by atoms with Gasteiger partial charge in [0.05, 0.1) is 6.42 Å². The highest BCUT2D eigenvalue weighted by molar-refractivity contribution is 9.10. The zero-order valence-electron chi connectivity index (χ0n) is 19.1. The number of halogens is 3. The molecule has 0 aliphatic carbocycles. The van der Waals surface area contributed by atoms with Crippen LogP contribution < -0.4 is 4.74 Å². The summed E-state index contributed by atoms with van der Waals surface area (Å²) >= 11 is 9.19. The van der Waals surface area contributed by atoms with Gasteiger partial charge in [0.2, 0.25) is 5.91 Å². The summed E-state index contributed by atoms with van der Waals surface area (Å²) in [6.07, 6.45) is 1.39. The Balaban J connectivity index is 1.46. The maximum absolute atomic E-state index is 14.3. The lowest BCUT2D eigenvalue weighted by atomic mass is 9.91. The lowest BCUT2D eigenvalue weighted by Gasteiger charge is -2.24. The zero-order valence-corrected chi connectivity index (χ0v) is 21.4. The van der Waals surface area contributed by atoms with E-state index in [4.69, 9.17) is 16.3 Å². The van der Waals surface area contributed by atoms with Crippen molar-refractivity contribution in [3.05, 3.63) is 98.2 Å². The van der Waals surface area contributed by atoms with Gasteiger partial charge in [-0.3, -0.25) is 9.59 Å². The summed E-state index contributed by atoms with van der Waals surface area (Å²) in [4.78, 5) is 25.5. The Bertz CT molecular complexity index is 1270. The Morgan fingerprint density at radius 2 is 1.83 bits per heavy atom. The topological polar surface area (TPSA) is 66.8 Å². The standard InChI is InChI=1S/C27H24BrClFNO4/c1-27(13-17-2-7-22(29)8-3-17)14-20-10-18(4-9-24(20)35-27)11-25(32)31(16-26(33)34)15-19-5-6-21(28)12-23(19)30/h2-10,12H,11,13-16H2,1H3,(H,33,34). The van der Waals surface area contributed by atoms with Crippen LogP contribution in [0.3, 0.4) is 0 Å². The number of carboxylic acid groups (broad SMARTS) is 1. The van der Waals surface area contributed by atoms with Gasteiger partial charge in [-0.05, 0) is 53.9 Å². The molecule has 1 heterocycles. The number of rotatable bonds is 8. The predicted octanol–water partition coefficient (Wildman–Crippen LogP) is 5.83. The van der Waals surface area contributed by atoms with Crippen LogP contribution in [-0.4, -0.2) is 34.0 Å². The van der Waals surface area contributed by atoms with Gasteiger partial charge in [0.1, 0.15) is 23.7 Å². The van der Waals surface area contributed by atoms with Crippen LogP contribution in [0.5, 0.6) is 5.75 Å². The number of nitrogens with zero attached hydrogens (tertiary/aromatic N) is 1. The highest BCUT2D eigenvalue weighted by atomic mass is 79.9. The molecule has 0 bridgehead atoms. The number of amides is 1. The molecule has 35 heavy (non-hydrogen) atoms. The highest BCUT2D eigenvalue weighted by Gasteiger charge is 2.35. The van der Waals surface area contributed by atoms with E-state index in [-0.39, 0.29) is 18.5 Å². The number of hydrogen-bond donors (Lipinski definition) is 1. The van der Waals surface area contributed by atoms with Crippen LogP contribution in [0.1, 0.15) is 29.2 Å². The van der Waals surface area contributed by atoms with Crippen molar-refractivity contribution in [1.29, 1.82) is 0 Å². The van der Waals surface area contributed by atoms with Gasteiger partial charge >= 0.3 is 5.97 Å². The number of hydrogen-bond acceptors (Lipinski definition) is 3. The Labute approximate surface area is 216 Å². The van der Waals surface area contributed by atoms with Gasteiger partial charge in [0, 0.05) is 34.4 Å². The van der Waals surface area contributed by atoms with Gasteiger partial charge < -0.3 is 14.7 Å². The summed E-state index contributed by atoms with van der Waals surface area (Å²) in [5.41, 5.74) is 2.69. The summed E-state index contributed by atoms with van der Waals surface area (Å²) in [7, 11) is 0. The fourth-order valence-electron chi connectivity index (χ4n) is 4.36. The van der Waals surface area contributed by atoms with Crippen LogP contribution >= 0.6 is 27.5 Å². The molecule has 0 saturated heterocycles. The fraction of sp³-hybridized carbons (Fsp3) is 0.259. The summed E-state index contributed by atoms with van der Waals surface area (Å²) in [5, 5.41) is 9.98. The first-order valence-electron chi connectivity index (χ1n) is 11.1. The van der Waals surface area contributed by atoms with E-state index in [9.17, 15) is 19.1 Å². The third-order valence-corrected chi connectivity index (χ3v) is 6.69. The van der Waals surface area contributed by atoms with Crippen LogP contribution in [0, 0.1) is 5.82 Å². The Morgan fingerprint density at radius 3 is 2.51 bits per heavy atom. The number of fused-ring (bicyclic) bond motifs is 1. The third kappa shape index (κ3) is 6.41. The maximum atomic E-state index is 14.3. The number of carboxylic acids is 1. The molecule has 3 aromatic carbocycles. The minimum Gasteiger partial charge on any atom is -0.487 e. The van der Waals surface area contributed by atoms with Crippen LogP contribution in [-0.2, 0) is 35.4 Å². The van der Waals surface area contributed by atoms with Crippen molar-refractivity contribution >= 4 is 39.4 Å². The van der Waals surface area contributed by atoms with Crippen LogP contribution in [0.4, 0.5) is 4.39 Å². The molecule has 0 aromatic heterocycles. The van der Waals surface area contributed by atoms with Crippen molar-refractivity contribution in [2.45, 2.75) is 38.3 Å². The number of benzene rings is 3. The van der Waals surface area contributed by atoms with E-state index in [1.165, 1.54) is 12.1 Å². The third-order valence-electron chi connectivity index (χ3n) is 5.95. The summed E-state index contributed by atoms with van der Waals surface area (Å²) < 4.78 is 21.1. The quantitative estimate of drug-likeness (QED) is 0.376. The second-order valence-corrected chi connectivity index (χ2v) is 10.4. The molecule has 1 amide bonds. The Morgan fingerprint density at radius 1 is 1.11 bits per heavy atom. The number of carbonyl (C=O) groups is 2. The largest absolute Gasteiger partial charge is 0.487 e. The van der Waals surface area contributed by atoms with Gasteiger partial charge in [-0.2, -0.15) is 0 Å². The molecule has 0 radical (unpaired) electrons. The van der Waals surface area contributed by atoms with Gasteiger partial charge in [-0.25, -0.2) is 4.39 Å². The molecule has 4 rings (SSSR count). The molecule has 5 nitrogen and oxygen atoms in total. The Kier molecular flexibility index (Phi) is 7.47. The minimum absolute atomic E-state index is 0.00655. The van der Waals surface area contributed by atoms with Crippen molar-refractivity contribution < 1.29 is 23.8 Å². The van der Waals surface area contributed by atoms with E-state index in [0.717, 1.165) is 27.3 Å². The smallest absolute Gasteiger partial charge is 0.323 e. The van der Waals surface area contributed by atoms with Crippen LogP contribution in [0.2, 0.25) is 5.02 Å². The summed E-state index contributed by atoms with van der Waals surface area (Å²) in [6.45, 7) is 1.41. The molecule has 1 aliphatic rings. The molecule has 1 atom stereocenters. The molecule has 1 N–H and O–H groups in total. The summed E-state index contributed by atoms with van der Waals surface area (Å²) in [5.74, 6) is -1.28. The summed E-state index contributed by atoms with van der Waals surface area (Å²) in [6, 6.07) is 17.7. The Hall–Kier alpha value is -2.90. The van der Waals surface area contributed by atoms with E-state index in [2.05, 4.69) is 15.9 Å². The van der Waals surface area contributed by atoms with E-state index in [0.29, 0.717) is 22.3 Å². The van der Waals surface area contributed by atoms with Gasteiger partial charge in [0.25, 0.3) is 0 Å². The van der Waals surface area contributed by atoms with Crippen LogP contribution in [0.25, 0.3) is 0 Å². The number of ether oxygens (including phenoxy) is 1. The van der Waals surface area contributed by atoms with E-state index >= 15 is 0 Å². The predicted molar refractivity (Wildman–Crippen MR) is 135 cm³/mol. The average Bonchev–Trinajstić information content (AvgIpc) is 3.11. The fourth-order valence-corrected chi connectivity index (χ4v) is 4.81. The second-order valence-electron chi connectivity index (χ2n) is 9.03. The first-order chi connectivity index (χ1) is 16.6. The van der Waals surface area contributed by atoms with Crippen molar-refractivity contribution in [2.75, 3.05) is 6.54 Å². The lowest BCUT2D eigenvalue weighted by molar-refractivity contribution is -0.144. The van der Waals surface area contributed by atoms with Gasteiger partial charge in [0.15, 0.2) is 0 Å². The average molecular weight is 561 g/mol. The number of aliphatic carboxylic acids is 1. The van der Waals surface area contributed by atoms with Crippen molar-refractivity contribution in [1.82, 2.24) is 4.90 Å². The SMILES string of the molecule is CC1(Cc2ccc(Cl)cc2)Cc2cc(CC(=O)N(CC(=O)O)Cc3ccc(Br)cc3F)ccc2O1. The highest BCUT2D eigenvalue weighted by Crippen LogP contribution is 2.37. The molecule has 8 heteroatoms. The van der Waals surface area contributed by atoms with E-state index in [1.807, 2.05) is 49.4 Å². The molecular formula is C27H24BrClFNO4. The number of carbonyl (C=O) groups excluding carboxylic acids is 1. The zero-order chi connectivity index (χ0) is 25.2. The molecule has 0 saturated carbocycles. The monoisotopic (exact) mass is 559 g/mol. The lowest BCUT2D eigenvalue weighted by Crippen LogP contribution is -2.36. The second kappa shape index (κ2) is 10.4. The molecule has 3 aromatic rings. The molecule has 0 spiro atoms. The van der Waals surface area contributed by atoms with Crippen LogP contribution in [0.15, 0.2) is 65.1 Å². The molecule has 0 fully saturated rings. The first kappa shape index (κ1) is 25.2. The van der Waals surface area contributed by atoms with E-state index in [1.54, 1.807) is 6.07 Å². The van der Waals surface area contributed by atoms with E-state index < -0.39 is 29.8 Å².